The molecule has 0 aromatic heterocycles. The first-order chi connectivity index (χ1) is 12.0. The Labute approximate surface area is 153 Å². The van der Waals surface area contributed by atoms with Crippen LogP contribution in [0.4, 0.5) is 11.4 Å². The van der Waals surface area contributed by atoms with Crippen LogP contribution in [0.15, 0.2) is 53.5 Å². The number of hydrogen-bond acceptors (Lipinski definition) is 5. The molecule has 0 N–H and O–H groups in total. The quantitative estimate of drug-likeness (QED) is 0.589. The lowest BCUT2D eigenvalue weighted by atomic mass is 10.1. The number of thioether (sulfide) groups is 1. The van der Waals surface area contributed by atoms with Crippen molar-refractivity contribution in [1.82, 2.24) is 0 Å². The zero-order chi connectivity index (χ0) is 18.0. The molecule has 2 aromatic rings. The second-order valence-corrected chi connectivity index (χ2v) is 6.92. The van der Waals surface area contributed by atoms with E-state index in [1.165, 1.54) is 40.9 Å². The van der Waals surface area contributed by atoms with E-state index in [1.54, 1.807) is 24.3 Å². The second-order valence-electron chi connectivity index (χ2n) is 5.49. The summed E-state index contributed by atoms with van der Waals surface area (Å²) in [5.74, 6) is 0.505. The molecule has 1 amide bonds. The summed E-state index contributed by atoms with van der Waals surface area (Å²) in [4.78, 5) is 29.4. The van der Waals surface area contributed by atoms with Gasteiger partial charge in [-0.25, -0.2) is 0 Å². The van der Waals surface area contributed by atoms with Gasteiger partial charge in [0.25, 0.3) is 11.6 Å². The number of rotatable bonds is 3. The Hall–Kier alpha value is -2.38. The fourth-order valence-corrected chi connectivity index (χ4v) is 3.50. The fourth-order valence-electron chi connectivity index (χ4n) is 2.34. The van der Waals surface area contributed by atoms with Crippen LogP contribution in [0.3, 0.4) is 0 Å². The van der Waals surface area contributed by atoms with E-state index in [0.717, 1.165) is 5.75 Å². The van der Waals surface area contributed by atoms with Gasteiger partial charge in [-0.1, -0.05) is 23.4 Å². The monoisotopic (exact) mass is 375 g/mol. The summed E-state index contributed by atoms with van der Waals surface area (Å²) in [6.45, 7) is 1.98. The molecule has 1 aliphatic heterocycles. The molecule has 0 unspecified atom stereocenters. The molecule has 0 saturated carbocycles. The normalized spacial score (nSPS) is 16.4. The van der Waals surface area contributed by atoms with Crippen molar-refractivity contribution in [3.05, 3.63) is 69.2 Å². The highest BCUT2D eigenvalue weighted by atomic mass is 35.5. The molecule has 0 radical (unpaired) electrons. The topological polar surface area (TPSA) is 75.8 Å². The van der Waals surface area contributed by atoms with E-state index < -0.39 is 4.92 Å². The summed E-state index contributed by atoms with van der Waals surface area (Å²) in [6.07, 6.45) is 0. The predicted octanol–water partition coefficient (Wildman–Crippen LogP) is 4.39. The maximum atomic E-state index is 13.0. The smallest absolute Gasteiger partial charge is 0.268 e. The molecular weight excluding hydrogens is 362 g/mol. The van der Waals surface area contributed by atoms with Gasteiger partial charge in [0.2, 0.25) is 0 Å². The lowest BCUT2D eigenvalue weighted by Crippen LogP contribution is -2.34. The van der Waals surface area contributed by atoms with Gasteiger partial charge in [0.15, 0.2) is 5.17 Å². The number of anilines is 1. The number of nitro groups is 1. The molecule has 1 heterocycles. The molecule has 3 rings (SSSR count). The number of nitrogens with zero attached hydrogens (tertiary/aromatic N) is 3. The number of benzene rings is 2. The van der Waals surface area contributed by atoms with Crippen molar-refractivity contribution < 1.29 is 9.72 Å². The van der Waals surface area contributed by atoms with Crippen LogP contribution in [0.1, 0.15) is 17.3 Å². The Morgan fingerprint density at radius 3 is 2.40 bits per heavy atom. The number of carbonyl (C=O) groups is 1. The number of aliphatic imine (C=N–C) groups is 1. The zero-order valence-corrected chi connectivity index (χ0v) is 14.8. The van der Waals surface area contributed by atoms with Gasteiger partial charge in [-0.2, -0.15) is 0 Å². The average molecular weight is 376 g/mol. The Balaban J connectivity index is 1.98. The van der Waals surface area contributed by atoms with E-state index in [0.29, 0.717) is 21.4 Å². The second kappa shape index (κ2) is 7.25. The fraction of sp³-hybridized carbons (Fsp3) is 0.176. The predicted molar refractivity (Wildman–Crippen MR) is 101 cm³/mol. The summed E-state index contributed by atoms with van der Waals surface area (Å²) in [5, 5.41) is 12.0. The summed E-state index contributed by atoms with van der Waals surface area (Å²) < 4.78 is 0. The number of nitro benzene ring substituents is 1. The molecule has 1 aliphatic rings. The van der Waals surface area contributed by atoms with Crippen molar-refractivity contribution >= 4 is 45.8 Å². The minimum atomic E-state index is -0.496. The largest absolute Gasteiger partial charge is 0.269 e. The first-order valence-electron chi connectivity index (χ1n) is 7.51. The Morgan fingerprint density at radius 1 is 1.24 bits per heavy atom. The van der Waals surface area contributed by atoms with Gasteiger partial charge in [0, 0.05) is 28.5 Å². The zero-order valence-electron chi connectivity index (χ0n) is 13.3. The van der Waals surface area contributed by atoms with E-state index >= 15 is 0 Å². The van der Waals surface area contributed by atoms with Crippen molar-refractivity contribution in [2.24, 2.45) is 4.99 Å². The third-order valence-electron chi connectivity index (χ3n) is 3.59. The van der Waals surface area contributed by atoms with Gasteiger partial charge >= 0.3 is 0 Å². The Morgan fingerprint density at radius 2 is 1.88 bits per heavy atom. The molecule has 8 heteroatoms. The number of halogens is 1. The van der Waals surface area contributed by atoms with E-state index in [1.807, 2.05) is 6.92 Å². The third kappa shape index (κ3) is 3.83. The van der Waals surface area contributed by atoms with E-state index in [-0.39, 0.29) is 17.6 Å². The van der Waals surface area contributed by atoms with E-state index in [4.69, 9.17) is 11.6 Å². The van der Waals surface area contributed by atoms with Crippen LogP contribution >= 0.6 is 23.4 Å². The third-order valence-corrected chi connectivity index (χ3v) is 5.04. The maximum Gasteiger partial charge on any atom is 0.269 e. The minimum Gasteiger partial charge on any atom is -0.268 e. The lowest BCUT2D eigenvalue weighted by molar-refractivity contribution is -0.384. The van der Waals surface area contributed by atoms with Crippen LogP contribution in [0, 0.1) is 10.1 Å². The first kappa shape index (κ1) is 17.4. The molecule has 128 valence electrons. The SMILES string of the molecule is C[C@H]1CSC(N(C(=O)c2ccc([N+](=O)[O-])cc2)c2ccc(Cl)cc2)=N1. The lowest BCUT2D eigenvalue weighted by Gasteiger charge is -2.22. The van der Waals surface area contributed by atoms with E-state index in [2.05, 4.69) is 4.99 Å². The van der Waals surface area contributed by atoms with Crippen LogP contribution in [0.25, 0.3) is 0 Å². The summed E-state index contributed by atoms with van der Waals surface area (Å²) in [6, 6.07) is 12.6. The summed E-state index contributed by atoms with van der Waals surface area (Å²) in [7, 11) is 0. The van der Waals surface area contributed by atoms with Gasteiger partial charge in [-0.05, 0) is 43.3 Å². The summed E-state index contributed by atoms with van der Waals surface area (Å²) in [5.41, 5.74) is 0.937. The van der Waals surface area contributed by atoms with Crippen molar-refractivity contribution in [3.8, 4) is 0 Å². The van der Waals surface area contributed by atoms with Crippen LogP contribution < -0.4 is 4.90 Å². The molecular formula is C17H14ClN3O3S. The molecule has 0 fully saturated rings. The highest BCUT2D eigenvalue weighted by molar-refractivity contribution is 8.14. The van der Waals surface area contributed by atoms with Crippen molar-refractivity contribution in [2.45, 2.75) is 13.0 Å². The minimum absolute atomic E-state index is 0.0594. The highest BCUT2D eigenvalue weighted by Crippen LogP contribution is 2.28. The van der Waals surface area contributed by atoms with Gasteiger partial charge in [0.1, 0.15) is 0 Å². The number of amidine groups is 1. The number of non-ortho nitro benzene ring substituents is 1. The van der Waals surface area contributed by atoms with Crippen molar-refractivity contribution in [2.75, 3.05) is 10.7 Å². The molecule has 1 atom stereocenters. The summed E-state index contributed by atoms with van der Waals surface area (Å²) >= 11 is 7.44. The molecule has 0 spiro atoms. The number of hydrogen-bond donors (Lipinski definition) is 0. The molecule has 0 saturated heterocycles. The van der Waals surface area contributed by atoms with Crippen molar-refractivity contribution in [3.63, 3.8) is 0 Å². The van der Waals surface area contributed by atoms with Crippen LogP contribution in [0.2, 0.25) is 5.02 Å². The van der Waals surface area contributed by atoms with Crippen molar-refractivity contribution in [1.29, 1.82) is 0 Å². The van der Waals surface area contributed by atoms with Crippen LogP contribution in [-0.2, 0) is 0 Å². The number of amides is 1. The molecule has 2 aromatic carbocycles. The van der Waals surface area contributed by atoms with Gasteiger partial charge in [-0.15, -0.1) is 0 Å². The highest BCUT2D eigenvalue weighted by Gasteiger charge is 2.27. The van der Waals surface area contributed by atoms with Gasteiger partial charge < -0.3 is 0 Å². The average Bonchev–Trinajstić information content (AvgIpc) is 3.03. The van der Waals surface area contributed by atoms with Crippen LogP contribution in [-0.4, -0.2) is 27.8 Å². The van der Waals surface area contributed by atoms with Gasteiger partial charge in [0.05, 0.1) is 16.7 Å². The Kier molecular flexibility index (Phi) is 5.06. The molecule has 0 aliphatic carbocycles. The molecule has 0 bridgehead atoms. The molecule has 25 heavy (non-hydrogen) atoms. The Bertz CT molecular complexity index is 837. The van der Waals surface area contributed by atoms with Crippen LogP contribution in [0.5, 0.6) is 0 Å². The first-order valence-corrected chi connectivity index (χ1v) is 8.87. The molecule has 6 nitrogen and oxygen atoms in total. The maximum absolute atomic E-state index is 13.0. The van der Waals surface area contributed by atoms with E-state index in [9.17, 15) is 14.9 Å². The number of carbonyl (C=O) groups excluding carboxylic acids is 1. The van der Waals surface area contributed by atoms with Gasteiger partial charge in [-0.3, -0.25) is 24.8 Å². The standard InChI is InChI=1S/C17H14ClN3O3S/c1-11-10-25-17(19-11)20(14-8-4-13(18)5-9-14)16(22)12-2-6-15(7-3-12)21(23)24/h2-9,11H,10H2,1H3/t11-/m0/s1.